The number of carboxylic acid groups (broad SMARTS) is 1. The first-order valence-electron chi connectivity index (χ1n) is 5.27. The molecule has 0 saturated carbocycles. The summed E-state index contributed by atoms with van der Waals surface area (Å²) in [5.41, 5.74) is 0.691. The van der Waals surface area contributed by atoms with Crippen LogP contribution in [0.2, 0.25) is 5.02 Å². The molecule has 0 bridgehead atoms. The molecular weight excluding hydrogens is 244 g/mol. The Kier molecular flexibility index (Phi) is 3.54. The van der Waals surface area contributed by atoms with Gasteiger partial charge in [0.15, 0.2) is 0 Å². The molecule has 0 radical (unpaired) electrons. The van der Waals surface area contributed by atoms with E-state index in [1.54, 1.807) is 18.2 Å². The van der Waals surface area contributed by atoms with E-state index >= 15 is 0 Å². The van der Waals surface area contributed by atoms with Gasteiger partial charge in [-0.25, -0.2) is 0 Å². The van der Waals surface area contributed by atoms with Crippen molar-refractivity contribution in [2.45, 2.75) is 5.92 Å². The van der Waals surface area contributed by atoms with Crippen LogP contribution >= 0.6 is 11.6 Å². The van der Waals surface area contributed by atoms with E-state index in [0.717, 1.165) is 0 Å². The Morgan fingerprint density at radius 2 is 2.29 bits per heavy atom. The fourth-order valence-corrected chi connectivity index (χ4v) is 2.20. The van der Waals surface area contributed by atoms with Gasteiger partial charge in [-0.3, -0.25) is 4.79 Å². The van der Waals surface area contributed by atoms with Crippen LogP contribution < -0.4 is 4.74 Å². The van der Waals surface area contributed by atoms with Gasteiger partial charge < -0.3 is 14.6 Å². The van der Waals surface area contributed by atoms with Crippen LogP contribution in [0.5, 0.6) is 5.75 Å². The molecule has 17 heavy (non-hydrogen) atoms. The van der Waals surface area contributed by atoms with Crippen molar-refractivity contribution in [2.24, 2.45) is 5.92 Å². The Morgan fingerprint density at radius 1 is 1.59 bits per heavy atom. The van der Waals surface area contributed by atoms with E-state index in [4.69, 9.17) is 21.1 Å². The molecule has 0 amide bonds. The van der Waals surface area contributed by atoms with Crippen molar-refractivity contribution >= 4 is 17.6 Å². The number of halogens is 1. The highest BCUT2D eigenvalue weighted by Gasteiger charge is 2.35. The first kappa shape index (κ1) is 12.2. The molecule has 0 aromatic heterocycles. The van der Waals surface area contributed by atoms with Gasteiger partial charge in [0.25, 0.3) is 0 Å². The van der Waals surface area contributed by atoms with E-state index in [-0.39, 0.29) is 5.92 Å². The average molecular weight is 257 g/mol. The van der Waals surface area contributed by atoms with E-state index in [2.05, 4.69) is 0 Å². The number of carbonyl (C=O) groups is 1. The fraction of sp³-hybridized carbons (Fsp3) is 0.417. The lowest BCUT2D eigenvalue weighted by molar-refractivity contribution is -0.146. The number of aliphatic carboxylic acids is 1. The lowest BCUT2D eigenvalue weighted by Crippen LogP contribution is -2.36. The summed E-state index contributed by atoms with van der Waals surface area (Å²) >= 11 is 5.99. The van der Waals surface area contributed by atoms with Gasteiger partial charge in [0.2, 0.25) is 0 Å². The molecule has 1 saturated heterocycles. The van der Waals surface area contributed by atoms with Gasteiger partial charge in [0, 0.05) is 5.92 Å². The van der Waals surface area contributed by atoms with Gasteiger partial charge in [-0.15, -0.1) is 0 Å². The van der Waals surface area contributed by atoms with Crippen molar-refractivity contribution in [1.82, 2.24) is 0 Å². The van der Waals surface area contributed by atoms with Crippen molar-refractivity contribution in [3.8, 4) is 5.75 Å². The number of hydrogen-bond acceptors (Lipinski definition) is 3. The molecule has 1 aliphatic heterocycles. The molecule has 5 heteroatoms. The van der Waals surface area contributed by atoms with Gasteiger partial charge in [-0.1, -0.05) is 17.7 Å². The zero-order valence-electron chi connectivity index (χ0n) is 9.35. The van der Waals surface area contributed by atoms with Crippen LogP contribution in [-0.2, 0) is 9.53 Å². The highest BCUT2D eigenvalue weighted by Crippen LogP contribution is 2.34. The van der Waals surface area contributed by atoms with E-state index in [9.17, 15) is 9.90 Å². The van der Waals surface area contributed by atoms with E-state index in [0.29, 0.717) is 29.5 Å². The van der Waals surface area contributed by atoms with E-state index < -0.39 is 11.9 Å². The molecule has 1 aliphatic rings. The first-order valence-corrected chi connectivity index (χ1v) is 5.65. The smallest absolute Gasteiger partial charge is 0.311 e. The second-order valence-corrected chi connectivity index (χ2v) is 4.41. The van der Waals surface area contributed by atoms with Crippen LogP contribution in [-0.4, -0.2) is 31.4 Å². The summed E-state index contributed by atoms with van der Waals surface area (Å²) < 4.78 is 10.1. The van der Waals surface area contributed by atoms with Gasteiger partial charge in [-0.2, -0.15) is 0 Å². The standard InChI is InChI=1S/C12H13ClO4/c1-16-10-3-2-7(4-9(10)13)11(12(14)15)8-5-17-6-8/h2-4,8,11H,5-6H2,1H3,(H,14,15). The summed E-state index contributed by atoms with van der Waals surface area (Å²) in [6, 6.07) is 5.08. The molecule has 1 atom stereocenters. The number of hydrogen-bond donors (Lipinski definition) is 1. The Bertz CT molecular complexity index is 429. The van der Waals surface area contributed by atoms with E-state index in [1.165, 1.54) is 7.11 Å². The summed E-state index contributed by atoms with van der Waals surface area (Å²) in [6.45, 7) is 0.973. The third-order valence-electron chi connectivity index (χ3n) is 2.94. The Hall–Kier alpha value is -1.26. The molecule has 4 nitrogen and oxygen atoms in total. The van der Waals surface area contributed by atoms with Crippen LogP contribution in [0, 0.1) is 5.92 Å². The largest absolute Gasteiger partial charge is 0.495 e. The second-order valence-electron chi connectivity index (χ2n) is 4.01. The van der Waals surface area contributed by atoms with Crippen LogP contribution in [0.4, 0.5) is 0 Å². The normalized spacial score (nSPS) is 17.3. The quantitative estimate of drug-likeness (QED) is 0.897. The average Bonchev–Trinajstić information content (AvgIpc) is 2.22. The number of carboxylic acids is 1. The van der Waals surface area contributed by atoms with Gasteiger partial charge in [0.05, 0.1) is 31.3 Å². The van der Waals surface area contributed by atoms with Crippen LogP contribution in [0.15, 0.2) is 18.2 Å². The molecule has 92 valence electrons. The van der Waals surface area contributed by atoms with Crippen molar-refractivity contribution in [2.75, 3.05) is 20.3 Å². The monoisotopic (exact) mass is 256 g/mol. The molecule has 1 fully saturated rings. The minimum absolute atomic E-state index is 0.0250. The maximum Gasteiger partial charge on any atom is 0.311 e. The van der Waals surface area contributed by atoms with Crippen LogP contribution in [0.25, 0.3) is 0 Å². The maximum atomic E-state index is 11.3. The molecule has 1 heterocycles. The number of rotatable bonds is 4. The lowest BCUT2D eigenvalue weighted by Gasteiger charge is -2.31. The molecule has 0 spiro atoms. The summed E-state index contributed by atoms with van der Waals surface area (Å²) in [5, 5.41) is 9.68. The Labute approximate surface area is 104 Å². The molecule has 1 aromatic carbocycles. The first-order chi connectivity index (χ1) is 8.13. The van der Waals surface area contributed by atoms with Crippen LogP contribution in [0.3, 0.4) is 0 Å². The molecule has 0 aliphatic carbocycles. The second kappa shape index (κ2) is 4.94. The predicted octanol–water partition coefficient (Wildman–Crippen LogP) is 2.16. The van der Waals surface area contributed by atoms with Crippen LogP contribution in [0.1, 0.15) is 11.5 Å². The summed E-state index contributed by atoms with van der Waals surface area (Å²) in [5.74, 6) is -0.840. The van der Waals surface area contributed by atoms with Gasteiger partial charge >= 0.3 is 5.97 Å². The Morgan fingerprint density at radius 3 is 2.71 bits per heavy atom. The number of ether oxygens (including phenoxy) is 2. The number of methoxy groups -OCH3 is 1. The Balaban J connectivity index is 2.29. The third-order valence-corrected chi connectivity index (χ3v) is 3.23. The van der Waals surface area contributed by atoms with Crippen molar-refractivity contribution in [3.63, 3.8) is 0 Å². The predicted molar refractivity (Wildman–Crippen MR) is 62.7 cm³/mol. The highest BCUT2D eigenvalue weighted by molar-refractivity contribution is 6.32. The molecule has 1 N–H and O–H groups in total. The minimum atomic E-state index is -0.848. The summed E-state index contributed by atoms with van der Waals surface area (Å²) in [7, 11) is 1.52. The number of benzene rings is 1. The minimum Gasteiger partial charge on any atom is -0.495 e. The molecule has 1 aromatic rings. The van der Waals surface area contributed by atoms with Gasteiger partial charge in [0.1, 0.15) is 5.75 Å². The SMILES string of the molecule is COc1ccc(C(C(=O)O)C2COC2)cc1Cl. The molecular formula is C12H13ClO4. The van der Waals surface area contributed by atoms with Crippen molar-refractivity contribution < 1.29 is 19.4 Å². The molecule has 1 unspecified atom stereocenters. The lowest BCUT2D eigenvalue weighted by atomic mass is 9.85. The van der Waals surface area contributed by atoms with E-state index in [1.807, 2.05) is 0 Å². The summed E-state index contributed by atoms with van der Waals surface area (Å²) in [6.07, 6.45) is 0. The van der Waals surface area contributed by atoms with Gasteiger partial charge in [-0.05, 0) is 17.7 Å². The molecule has 2 rings (SSSR count). The topological polar surface area (TPSA) is 55.8 Å². The third kappa shape index (κ3) is 2.37. The zero-order valence-corrected chi connectivity index (χ0v) is 10.1. The van der Waals surface area contributed by atoms with Crippen molar-refractivity contribution in [1.29, 1.82) is 0 Å². The maximum absolute atomic E-state index is 11.3. The zero-order chi connectivity index (χ0) is 12.4. The summed E-state index contributed by atoms with van der Waals surface area (Å²) in [4.78, 5) is 11.3. The highest BCUT2D eigenvalue weighted by atomic mass is 35.5. The fourth-order valence-electron chi connectivity index (χ4n) is 1.94. The van der Waals surface area contributed by atoms with Crippen molar-refractivity contribution in [3.05, 3.63) is 28.8 Å².